The van der Waals surface area contributed by atoms with Crippen LogP contribution in [0.5, 0.6) is 5.75 Å². The maximum Gasteiger partial charge on any atom is 0.169 e. The Hall–Kier alpha value is -1.07. The largest absolute Gasteiger partial charge is 0.497 e. The number of ether oxygens (including phenoxy) is 1. The number of methoxy groups -OCH3 is 1. The molecule has 0 unspecified atom stereocenters. The summed E-state index contributed by atoms with van der Waals surface area (Å²) in [6.07, 6.45) is 0. The zero-order valence-corrected chi connectivity index (χ0v) is 8.93. The summed E-state index contributed by atoms with van der Waals surface area (Å²) in [6.45, 7) is 0. The normalized spacial score (nSPS) is 10.2. The predicted octanol–water partition coefficient (Wildman–Crippen LogP) is 1.23. The van der Waals surface area contributed by atoms with Crippen LogP contribution < -0.4 is 4.74 Å². The monoisotopic (exact) mass is 233 g/mol. The van der Waals surface area contributed by atoms with Gasteiger partial charge in [-0.15, -0.1) is 0 Å². The third-order valence-electron chi connectivity index (χ3n) is 1.64. The maximum atomic E-state index is 10.8. The molecule has 76 valence electrons. The van der Waals surface area contributed by atoms with Gasteiger partial charge in [0.2, 0.25) is 0 Å². The second kappa shape index (κ2) is 4.43. The van der Waals surface area contributed by atoms with Gasteiger partial charge in [-0.3, -0.25) is 5.41 Å². The summed E-state index contributed by atoms with van der Waals surface area (Å²) in [7, 11) is -1.34. The fourth-order valence-electron chi connectivity index (χ4n) is 0.975. The summed E-state index contributed by atoms with van der Waals surface area (Å²) in [4.78, 5) is -0.000602. The first-order valence-electron chi connectivity index (χ1n) is 3.63. The third-order valence-corrected chi connectivity index (χ3v) is 2.61. The van der Waals surface area contributed by atoms with Gasteiger partial charge in [0.25, 0.3) is 0 Å². The molecule has 0 aliphatic carbocycles. The summed E-state index contributed by atoms with van der Waals surface area (Å²) in [6, 6.07) is 4.32. The Morgan fingerprint density at radius 2 is 2.14 bits per heavy atom. The highest BCUT2D eigenvalue weighted by Crippen LogP contribution is 2.20. The minimum atomic E-state index is -2.78. The second-order valence-electron chi connectivity index (χ2n) is 2.45. The Bertz CT molecular complexity index is 434. The van der Waals surface area contributed by atoms with E-state index in [4.69, 9.17) is 21.7 Å². The van der Waals surface area contributed by atoms with Crippen molar-refractivity contribution in [3.8, 4) is 5.75 Å². The average Bonchev–Trinajstić information content (AvgIpc) is 2.16. The number of hydrogen-bond donors (Lipinski definition) is 2. The fourth-order valence-corrected chi connectivity index (χ4v) is 1.82. The quantitative estimate of drug-likeness (QED) is 0.610. The lowest BCUT2D eigenvalue weighted by Crippen LogP contribution is -1.97. The van der Waals surface area contributed by atoms with Crippen LogP contribution in [0.3, 0.4) is 0 Å². The van der Waals surface area contributed by atoms with Crippen molar-refractivity contribution in [3.63, 3.8) is 0 Å². The Labute approximate surface area is 87.9 Å². The Morgan fingerprint density at radius 3 is 2.57 bits per heavy atom. The van der Waals surface area contributed by atoms with Gasteiger partial charge in [0.05, 0.1) is 12.0 Å². The summed E-state index contributed by atoms with van der Waals surface area (Å²) >= 11 is 5.42. The predicted molar refractivity (Wildman–Crippen MR) is 54.3 cm³/mol. The van der Waals surface area contributed by atoms with E-state index >= 15 is 0 Å². The molecule has 0 radical (unpaired) electrons. The first kappa shape index (κ1) is 11.0. The number of thiol groups is 1. The minimum absolute atomic E-state index is 0.000602. The van der Waals surface area contributed by atoms with Crippen LogP contribution in [0.1, 0.15) is 5.56 Å². The van der Waals surface area contributed by atoms with Gasteiger partial charge >= 0.3 is 0 Å². The molecule has 14 heavy (non-hydrogen) atoms. The molecule has 0 aromatic heterocycles. The van der Waals surface area contributed by atoms with Crippen molar-refractivity contribution in [3.05, 3.63) is 23.8 Å². The molecule has 1 aromatic carbocycles. The van der Waals surface area contributed by atoms with Gasteiger partial charge in [-0.05, 0) is 18.2 Å². The third kappa shape index (κ3) is 2.24. The van der Waals surface area contributed by atoms with E-state index in [1.54, 1.807) is 6.07 Å². The van der Waals surface area contributed by atoms with Crippen molar-refractivity contribution < 1.29 is 13.2 Å². The van der Waals surface area contributed by atoms with E-state index in [0.29, 0.717) is 5.75 Å². The van der Waals surface area contributed by atoms with Crippen LogP contribution >= 0.6 is 11.6 Å². The Morgan fingerprint density at radius 1 is 1.50 bits per heavy atom. The topological polar surface area (TPSA) is 67.2 Å². The standard InChI is InChI=1S/C8H8ClNO3S/c1-13-5-2-3-6(8(9)10)7(4-5)14(11)12/h2-4,10,14H,1H3. The van der Waals surface area contributed by atoms with Gasteiger partial charge in [-0.2, -0.15) is 0 Å². The van der Waals surface area contributed by atoms with Crippen LogP contribution in [0.15, 0.2) is 23.1 Å². The number of nitrogens with one attached hydrogen (secondary N) is 1. The van der Waals surface area contributed by atoms with Crippen molar-refractivity contribution in [2.75, 3.05) is 7.11 Å². The van der Waals surface area contributed by atoms with Gasteiger partial charge in [-0.1, -0.05) is 11.6 Å². The van der Waals surface area contributed by atoms with Crippen LogP contribution in [0.2, 0.25) is 0 Å². The molecule has 1 aromatic rings. The number of halogens is 1. The van der Waals surface area contributed by atoms with Gasteiger partial charge in [0.1, 0.15) is 10.9 Å². The molecule has 0 heterocycles. The van der Waals surface area contributed by atoms with Crippen molar-refractivity contribution >= 4 is 27.5 Å². The highest BCUT2D eigenvalue weighted by Gasteiger charge is 2.09. The van der Waals surface area contributed by atoms with Crippen molar-refractivity contribution in [2.24, 2.45) is 0 Å². The highest BCUT2D eigenvalue weighted by atomic mass is 35.5. The van der Waals surface area contributed by atoms with Gasteiger partial charge < -0.3 is 4.74 Å². The summed E-state index contributed by atoms with van der Waals surface area (Å²) in [5, 5.41) is 6.85. The van der Waals surface area contributed by atoms with Crippen molar-refractivity contribution in [1.29, 1.82) is 5.41 Å². The Balaban J connectivity index is 3.38. The van der Waals surface area contributed by atoms with Gasteiger partial charge in [0, 0.05) is 5.56 Å². The van der Waals surface area contributed by atoms with Crippen molar-refractivity contribution in [2.45, 2.75) is 4.90 Å². The smallest absolute Gasteiger partial charge is 0.169 e. The zero-order valence-electron chi connectivity index (χ0n) is 7.28. The van der Waals surface area contributed by atoms with Crippen LogP contribution in [0.25, 0.3) is 0 Å². The molecule has 0 bridgehead atoms. The molecule has 0 aliphatic heterocycles. The molecule has 0 spiro atoms. The number of benzene rings is 1. The van der Waals surface area contributed by atoms with Crippen LogP contribution in [-0.4, -0.2) is 20.7 Å². The molecule has 0 fully saturated rings. The SMILES string of the molecule is COc1ccc(C(=N)Cl)c([SH](=O)=O)c1. The van der Waals surface area contributed by atoms with Gasteiger partial charge in [0.15, 0.2) is 10.7 Å². The van der Waals surface area contributed by atoms with Crippen LogP contribution in [0, 0.1) is 5.41 Å². The van der Waals surface area contributed by atoms with Crippen molar-refractivity contribution in [1.82, 2.24) is 0 Å². The first-order chi connectivity index (χ1) is 6.56. The Kier molecular flexibility index (Phi) is 3.49. The molecule has 0 aliphatic rings. The zero-order chi connectivity index (χ0) is 10.7. The number of hydrogen-bond acceptors (Lipinski definition) is 4. The second-order valence-corrected chi connectivity index (χ2v) is 3.83. The molecule has 0 atom stereocenters. The van der Waals surface area contributed by atoms with Crippen LogP contribution in [-0.2, 0) is 10.7 Å². The molecule has 1 rings (SSSR count). The number of rotatable bonds is 3. The van der Waals surface area contributed by atoms with E-state index < -0.39 is 10.7 Å². The molecule has 6 heteroatoms. The minimum Gasteiger partial charge on any atom is -0.497 e. The molecule has 0 saturated heterocycles. The summed E-state index contributed by atoms with van der Waals surface area (Å²) in [5.74, 6) is 0.417. The summed E-state index contributed by atoms with van der Waals surface area (Å²) < 4.78 is 26.5. The van der Waals surface area contributed by atoms with E-state index in [-0.39, 0.29) is 15.6 Å². The average molecular weight is 234 g/mol. The van der Waals surface area contributed by atoms with E-state index in [2.05, 4.69) is 0 Å². The van der Waals surface area contributed by atoms with E-state index in [0.717, 1.165) is 0 Å². The highest BCUT2D eigenvalue weighted by molar-refractivity contribution is 7.72. The fraction of sp³-hybridized carbons (Fsp3) is 0.125. The van der Waals surface area contributed by atoms with E-state index in [1.165, 1.54) is 19.2 Å². The maximum absolute atomic E-state index is 10.8. The van der Waals surface area contributed by atoms with E-state index in [9.17, 15) is 8.42 Å². The molecule has 4 nitrogen and oxygen atoms in total. The molecular formula is C8H8ClNO3S. The molecule has 0 saturated carbocycles. The lowest BCUT2D eigenvalue weighted by atomic mass is 10.2. The van der Waals surface area contributed by atoms with Gasteiger partial charge in [-0.25, -0.2) is 8.42 Å². The lowest BCUT2D eigenvalue weighted by Gasteiger charge is -2.04. The first-order valence-corrected chi connectivity index (χ1v) is 5.18. The van der Waals surface area contributed by atoms with Crippen LogP contribution in [0.4, 0.5) is 0 Å². The molecule has 0 amide bonds. The molecular weight excluding hydrogens is 226 g/mol. The summed E-state index contributed by atoms with van der Waals surface area (Å²) in [5.41, 5.74) is 0.184. The molecule has 1 N–H and O–H groups in total. The van der Waals surface area contributed by atoms with E-state index in [1.807, 2.05) is 0 Å². The lowest BCUT2D eigenvalue weighted by molar-refractivity contribution is 0.413.